The lowest BCUT2D eigenvalue weighted by atomic mass is 9.76. The van der Waals surface area contributed by atoms with E-state index in [0.717, 1.165) is 18.4 Å². The van der Waals surface area contributed by atoms with E-state index < -0.39 is 6.10 Å². The molecular formula is C28H39Cl2NO3. The van der Waals surface area contributed by atoms with Gasteiger partial charge >= 0.3 is 0 Å². The molecule has 6 heteroatoms. The maximum atomic E-state index is 13.1. The standard InChI is InChI=1S/C28H39Cl2NO3/c1-9-18-20(29)16-21(25(32)24(18)30)31-26(33)22(10-2)34-23-14-13-17(27(5,6)11-3)15-19(23)28(7,8)12-4/h13-16,22,32H,9-12H2,1-8H3,(H,31,33). The topological polar surface area (TPSA) is 58.6 Å². The third-order valence-electron chi connectivity index (χ3n) is 7.09. The summed E-state index contributed by atoms with van der Waals surface area (Å²) in [6.07, 6.45) is 2.22. The molecule has 0 heterocycles. The zero-order valence-corrected chi connectivity index (χ0v) is 23.2. The second-order valence-electron chi connectivity index (χ2n) is 10.1. The maximum Gasteiger partial charge on any atom is 0.265 e. The number of aromatic hydroxyl groups is 1. The summed E-state index contributed by atoms with van der Waals surface area (Å²) >= 11 is 12.6. The number of halogens is 2. The number of carbonyl (C=O) groups is 1. The summed E-state index contributed by atoms with van der Waals surface area (Å²) in [7, 11) is 0. The van der Waals surface area contributed by atoms with Crippen LogP contribution in [0.4, 0.5) is 5.69 Å². The SMILES string of the molecule is CCc1c(Cl)cc(NC(=O)C(CC)Oc2ccc(C(C)(C)CC)cc2C(C)(C)CC)c(O)c1Cl. The number of amides is 1. The average Bonchev–Trinajstić information content (AvgIpc) is 2.80. The van der Waals surface area contributed by atoms with Gasteiger partial charge in [-0.15, -0.1) is 0 Å². The third kappa shape index (κ3) is 6.01. The Labute approximate surface area is 215 Å². The van der Waals surface area contributed by atoms with E-state index in [1.807, 2.05) is 19.9 Å². The summed E-state index contributed by atoms with van der Waals surface area (Å²) in [5.41, 5.74) is 3.07. The molecule has 0 aliphatic heterocycles. The van der Waals surface area contributed by atoms with Gasteiger partial charge in [-0.2, -0.15) is 0 Å². The number of phenols is 1. The van der Waals surface area contributed by atoms with Gasteiger partial charge in [0.25, 0.3) is 5.91 Å². The molecule has 0 aliphatic carbocycles. The van der Waals surface area contributed by atoms with E-state index in [2.05, 4.69) is 59.0 Å². The van der Waals surface area contributed by atoms with Crippen LogP contribution in [0.1, 0.15) is 91.3 Å². The molecule has 34 heavy (non-hydrogen) atoms. The molecule has 0 spiro atoms. The summed E-state index contributed by atoms with van der Waals surface area (Å²) in [6, 6.07) is 7.82. The first kappa shape index (κ1) is 28.3. The predicted molar refractivity (Wildman–Crippen MR) is 144 cm³/mol. The van der Waals surface area contributed by atoms with Crippen LogP contribution in [0.3, 0.4) is 0 Å². The van der Waals surface area contributed by atoms with E-state index in [4.69, 9.17) is 27.9 Å². The first-order valence-corrected chi connectivity index (χ1v) is 12.9. The van der Waals surface area contributed by atoms with E-state index >= 15 is 0 Å². The zero-order chi connectivity index (χ0) is 25.8. The summed E-state index contributed by atoms with van der Waals surface area (Å²) < 4.78 is 6.30. The Kier molecular flexibility index (Phi) is 9.35. The molecule has 1 unspecified atom stereocenters. The van der Waals surface area contributed by atoms with Gasteiger partial charge in [0.1, 0.15) is 5.75 Å². The molecule has 2 aromatic carbocycles. The molecular weight excluding hydrogens is 469 g/mol. The average molecular weight is 509 g/mol. The van der Waals surface area contributed by atoms with Crippen molar-refractivity contribution < 1.29 is 14.6 Å². The van der Waals surface area contributed by atoms with Gasteiger partial charge in [0, 0.05) is 10.6 Å². The quantitative estimate of drug-likeness (QED) is 0.317. The van der Waals surface area contributed by atoms with Crippen LogP contribution in [-0.4, -0.2) is 17.1 Å². The second-order valence-corrected chi connectivity index (χ2v) is 10.9. The van der Waals surface area contributed by atoms with E-state index in [1.54, 1.807) is 0 Å². The van der Waals surface area contributed by atoms with Gasteiger partial charge in [0.05, 0.1) is 10.7 Å². The number of carbonyl (C=O) groups excluding carboxylic acids is 1. The Balaban J connectivity index is 2.40. The minimum Gasteiger partial charge on any atom is -0.504 e. The number of benzene rings is 2. The lowest BCUT2D eigenvalue weighted by molar-refractivity contribution is -0.122. The Morgan fingerprint density at radius 2 is 1.65 bits per heavy atom. The Morgan fingerprint density at radius 3 is 2.18 bits per heavy atom. The molecule has 0 radical (unpaired) electrons. The van der Waals surface area contributed by atoms with Gasteiger partial charge in [0.15, 0.2) is 11.9 Å². The molecule has 2 aromatic rings. The van der Waals surface area contributed by atoms with E-state index in [0.29, 0.717) is 29.2 Å². The number of hydrogen-bond donors (Lipinski definition) is 2. The number of hydrogen-bond acceptors (Lipinski definition) is 3. The zero-order valence-electron chi connectivity index (χ0n) is 21.7. The monoisotopic (exact) mass is 507 g/mol. The number of rotatable bonds is 10. The smallest absolute Gasteiger partial charge is 0.265 e. The van der Waals surface area contributed by atoms with Gasteiger partial charge in [-0.3, -0.25) is 4.79 Å². The van der Waals surface area contributed by atoms with E-state index in [-0.39, 0.29) is 33.2 Å². The summed E-state index contributed by atoms with van der Waals surface area (Å²) in [4.78, 5) is 13.1. The normalized spacial score (nSPS) is 13.0. The molecule has 1 amide bonds. The fourth-order valence-corrected chi connectivity index (χ4v) is 4.46. The highest BCUT2D eigenvalue weighted by atomic mass is 35.5. The second kappa shape index (κ2) is 11.2. The molecule has 2 N–H and O–H groups in total. The van der Waals surface area contributed by atoms with E-state index in [9.17, 15) is 9.90 Å². The minimum atomic E-state index is -0.751. The molecule has 0 bridgehead atoms. The van der Waals surface area contributed by atoms with Crippen LogP contribution in [0, 0.1) is 0 Å². The van der Waals surface area contributed by atoms with Crippen LogP contribution in [0.25, 0.3) is 0 Å². The number of ether oxygens (including phenoxy) is 1. The lowest BCUT2D eigenvalue weighted by Crippen LogP contribution is -2.33. The van der Waals surface area contributed by atoms with Crippen molar-refractivity contribution in [1.29, 1.82) is 0 Å². The van der Waals surface area contributed by atoms with Crippen LogP contribution in [0.5, 0.6) is 11.5 Å². The fraction of sp³-hybridized carbons (Fsp3) is 0.536. The molecule has 2 rings (SSSR count). The summed E-state index contributed by atoms with van der Waals surface area (Å²) in [6.45, 7) is 17.0. The summed E-state index contributed by atoms with van der Waals surface area (Å²) in [5, 5.41) is 13.8. The van der Waals surface area contributed by atoms with E-state index in [1.165, 1.54) is 11.6 Å². The molecule has 0 aromatic heterocycles. The molecule has 0 saturated carbocycles. The van der Waals surface area contributed by atoms with Crippen LogP contribution in [0.15, 0.2) is 24.3 Å². The Morgan fingerprint density at radius 1 is 1.03 bits per heavy atom. The van der Waals surface area contributed by atoms with Crippen molar-refractivity contribution in [2.75, 3.05) is 5.32 Å². The van der Waals surface area contributed by atoms with Crippen LogP contribution in [0.2, 0.25) is 10.0 Å². The summed E-state index contributed by atoms with van der Waals surface area (Å²) in [5.74, 6) is 0.142. The van der Waals surface area contributed by atoms with Crippen LogP contribution >= 0.6 is 23.2 Å². The highest BCUT2D eigenvalue weighted by molar-refractivity contribution is 6.37. The van der Waals surface area contributed by atoms with Crippen molar-refractivity contribution in [3.63, 3.8) is 0 Å². The predicted octanol–water partition coefficient (Wildman–Crippen LogP) is 8.43. The Bertz CT molecular complexity index is 1030. The van der Waals surface area contributed by atoms with Gasteiger partial charge in [-0.1, -0.05) is 90.7 Å². The van der Waals surface area contributed by atoms with Gasteiger partial charge in [-0.05, 0) is 59.8 Å². The maximum absolute atomic E-state index is 13.1. The molecule has 188 valence electrons. The van der Waals surface area contributed by atoms with Crippen molar-refractivity contribution in [2.24, 2.45) is 0 Å². The number of anilines is 1. The highest BCUT2D eigenvalue weighted by Gasteiger charge is 2.29. The van der Waals surface area contributed by atoms with Gasteiger partial charge in [0.2, 0.25) is 0 Å². The molecule has 4 nitrogen and oxygen atoms in total. The number of nitrogens with one attached hydrogen (secondary N) is 1. The van der Waals surface area contributed by atoms with Crippen LogP contribution in [-0.2, 0) is 22.0 Å². The van der Waals surface area contributed by atoms with Gasteiger partial charge in [-0.25, -0.2) is 0 Å². The third-order valence-corrected chi connectivity index (χ3v) is 7.83. The van der Waals surface area contributed by atoms with Crippen molar-refractivity contribution in [3.8, 4) is 11.5 Å². The first-order chi connectivity index (χ1) is 15.8. The number of phenolic OH excluding ortho intramolecular Hbond substituents is 1. The molecule has 0 saturated heterocycles. The van der Waals surface area contributed by atoms with Gasteiger partial charge < -0.3 is 15.2 Å². The highest BCUT2D eigenvalue weighted by Crippen LogP contribution is 2.41. The lowest BCUT2D eigenvalue weighted by Gasteiger charge is -2.31. The molecule has 0 aliphatic rings. The molecule has 0 fully saturated rings. The minimum absolute atomic E-state index is 0.0410. The fourth-order valence-electron chi connectivity index (χ4n) is 3.73. The van der Waals surface area contributed by atoms with Crippen molar-refractivity contribution >= 4 is 34.8 Å². The van der Waals surface area contributed by atoms with Crippen molar-refractivity contribution in [3.05, 3.63) is 51.0 Å². The van der Waals surface area contributed by atoms with Crippen molar-refractivity contribution in [2.45, 2.75) is 98.0 Å². The van der Waals surface area contributed by atoms with Crippen LogP contribution < -0.4 is 10.1 Å². The Hall–Kier alpha value is -1.91. The molecule has 1 atom stereocenters. The van der Waals surface area contributed by atoms with Crippen molar-refractivity contribution in [1.82, 2.24) is 0 Å². The first-order valence-electron chi connectivity index (χ1n) is 12.1. The largest absolute Gasteiger partial charge is 0.504 e.